The van der Waals surface area contributed by atoms with Crippen molar-refractivity contribution in [3.8, 4) is 11.4 Å². The maximum atomic E-state index is 13.5. The average Bonchev–Trinajstić information content (AvgIpc) is 3.67. The third kappa shape index (κ3) is 9.55. The summed E-state index contributed by atoms with van der Waals surface area (Å²) in [5.41, 5.74) is -0.195. The lowest BCUT2D eigenvalue weighted by atomic mass is 9.92. The van der Waals surface area contributed by atoms with E-state index in [0.29, 0.717) is 41.7 Å². The van der Waals surface area contributed by atoms with Gasteiger partial charge in [0.2, 0.25) is 5.91 Å². The van der Waals surface area contributed by atoms with E-state index >= 15 is 0 Å². The number of hydrogen-bond acceptors (Lipinski definition) is 10. The van der Waals surface area contributed by atoms with Gasteiger partial charge in [-0.25, -0.2) is 14.5 Å². The Morgan fingerprint density at radius 2 is 1.63 bits per heavy atom. The summed E-state index contributed by atoms with van der Waals surface area (Å²) in [5, 5.41) is 20.2. The molecular formula is C42H48F3N9O6. The van der Waals surface area contributed by atoms with Gasteiger partial charge in [-0.05, 0) is 100 Å². The minimum Gasteiger partial charge on any atom is -0.495 e. The molecule has 0 saturated carbocycles. The Morgan fingerprint density at radius 3 is 2.28 bits per heavy atom. The average molecular weight is 832 g/mol. The predicted octanol–water partition coefficient (Wildman–Crippen LogP) is 5.29. The smallest absolute Gasteiger partial charge is 0.433 e. The van der Waals surface area contributed by atoms with Crippen LogP contribution in [-0.2, 0) is 16.6 Å². The molecule has 3 N–H and O–H groups in total. The quantitative estimate of drug-likeness (QED) is 0.181. The zero-order valence-corrected chi connectivity index (χ0v) is 33.7. The zero-order chi connectivity index (χ0) is 42.8. The zero-order valence-electron chi connectivity index (χ0n) is 33.7. The van der Waals surface area contributed by atoms with Crippen molar-refractivity contribution in [3.05, 3.63) is 89.5 Å². The van der Waals surface area contributed by atoms with Crippen molar-refractivity contribution in [1.29, 1.82) is 0 Å². The molecule has 0 radical (unpaired) electrons. The summed E-state index contributed by atoms with van der Waals surface area (Å²) >= 11 is 0. The van der Waals surface area contributed by atoms with Crippen molar-refractivity contribution in [2.45, 2.75) is 51.3 Å². The molecule has 7 rings (SSSR count). The third-order valence-corrected chi connectivity index (χ3v) is 11.2. The number of aromatic nitrogens is 3. The maximum Gasteiger partial charge on any atom is 0.433 e. The summed E-state index contributed by atoms with van der Waals surface area (Å²) < 4.78 is 46.5. The molecule has 3 fully saturated rings. The van der Waals surface area contributed by atoms with Gasteiger partial charge in [0.05, 0.1) is 30.4 Å². The monoisotopic (exact) mass is 831 g/mol. The molecule has 0 spiro atoms. The number of benzene rings is 2. The summed E-state index contributed by atoms with van der Waals surface area (Å²) in [4.78, 5) is 62.2. The van der Waals surface area contributed by atoms with E-state index in [1.807, 2.05) is 29.2 Å². The van der Waals surface area contributed by atoms with Gasteiger partial charge in [-0.2, -0.15) is 18.3 Å². The van der Waals surface area contributed by atoms with Crippen molar-refractivity contribution in [2.75, 3.05) is 74.6 Å². The Balaban J connectivity index is 0.886. The second kappa shape index (κ2) is 17.3. The normalized spacial score (nSPS) is 17.1. The van der Waals surface area contributed by atoms with Crippen LogP contribution in [0.25, 0.3) is 5.69 Å². The number of pyridine rings is 1. The van der Waals surface area contributed by atoms with E-state index in [1.165, 1.54) is 42.8 Å². The van der Waals surface area contributed by atoms with Crippen LogP contribution in [-0.4, -0.2) is 113 Å². The first kappa shape index (κ1) is 42.1. The van der Waals surface area contributed by atoms with Crippen molar-refractivity contribution in [3.63, 3.8) is 0 Å². The number of nitrogens with zero attached hydrogens (tertiary/aromatic N) is 7. The fraction of sp³-hybridized carbons (Fsp3) is 0.429. The van der Waals surface area contributed by atoms with Gasteiger partial charge < -0.3 is 25.0 Å². The highest BCUT2D eigenvalue weighted by Crippen LogP contribution is 2.33. The van der Waals surface area contributed by atoms with E-state index in [4.69, 9.17) is 4.74 Å². The predicted molar refractivity (Wildman–Crippen MR) is 216 cm³/mol. The van der Waals surface area contributed by atoms with Crippen LogP contribution in [0.4, 0.5) is 35.0 Å². The molecule has 3 saturated heterocycles. The van der Waals surface area contributed by atoms with Crippen molar-refractivity contribution in [1.82, 2.24) is 29.9 Å². The lowest BCUT2D eigenvalue weighted by molar-refractivity contribution is -0.141. The lowest BCUT2D eigenvalue weighted by Gasteiger charge is -2.37. The fourth-order valence-electron chi connectivity index (χ4n) is 7.80. The number of carbonyl (C=O) groups is 4. The van der Waals surface area contributed by atoms with Crippen LogP contribution in [0, 0.1) is 5.92 Å². The number of methoxy groups -OCH3 is 1. The third-order valence-electron chi connectivity index (χ3n) is 11.2. The van der Waals surface area contributed by atoms with E-state index in [1.54, 1.807) is 18.2 Å². The first-order valence-corrected chi connectivity index (χ1v) is 19.9. The van der Waals surface area contributed by atoms with Crippen LogP contribution in [0.1, 0.15) is 71.8 Å². The highest BCUT2D eigenvalue weighted by Gasteiger charge is 2.34. The molecule has 2 aromatic carbocycles. The Hall–Kier alpha value is -6.01. The highest BCUT2D eigenvalue weighted by molar-refractivity contribution is 6.07. The van der Waals surface area contributed by atoms with Gasteiger partial charge in [0.25, 0.3) is 11.8 Å². The number of likely N-dealkylation sites (tertiary alicyclic amines) is 1. The van der Waals surface area contributed by atoms with E-state index < -0.39 is 35.1 Å². The number of aliphatic hydroxyl groups is 1. The van der Waals surface area contributed by atoms with E-state index in [2.05, 4.69) is 30.5 Å². The number of nitrogens with one attached hydrogen (secondary N) is 2. The van der Waals surface area contributed by atoms with Crippen LogP contribution in [0.15, 0.2) is 66.9 Å². The minimum atomic E-state index is -4.71. The van der Waals surface area contributed by atoms with Gasteiger partial charge in [-0.1, -0.05) is 6.07 Å². The Labute approximate surface area is 345 Å². The molecule has 15 nitrogen and oxygen atoms in total. The number of halogens is 3. The van der Waals surface area contributed by atoms with Gasteiger partial charge in [-0.3, -0.25) is 29.5 Å². The van der Waals surface area contributed by atoms with E-state index in [9.17, 15) is 37.5 Å². The standard InChI is InChI=1S/C42H48F3N9O6/c1-41(2,59)37-32(47-38(56)31-5-4-6-35(46-31)42(43,44)45)26-54(49-37)30-10-8-29(9-11-30)51-23-21-50(22-24-51)17-13-27-14-18-52(19-15-27)39(57)28-7-12-34(60-3)33(25-28)53-20-16-36(55)48-40(53)58/h4-12,25-27,59H,13-24H2,1-3H3,(H,47,56)(H,48,55,58). The van der Waals surface area contributed by atoms with Crippen molar-refractivity contribution < 1.29 is 42.2 Å². The fourth-order valence-corrected chi connectivity index (χ4v) is 7.80. The molecule has 4 aromatic rings. The number of piperidine rings is 1. The van der Waals surface area contributed by atoms with Crippen LogP contribution in [0.2, 0.25) is 0 Å². The van der Waals surface area contributed by atoms with Crippen molar-refractivity contribution >= 4 is 40.8 Å². The summed E-state index contributed by atoms with van der Waals surface area (Å²) in [7, 11) is 1.50. The number of ether oxygens (including phenoxy) is 1. The molecule has 5 amide bonds. The molecule has 0 atom stereocenters. The Bertz CT molecular complexity index is 2220. The van der Waals surface area contributed by atoms with Gasteiger partial charge in [0.15, 0.2) is 0 Å². The second-order valence-electron chi connectivity index (χ2n) is 15.8. The second-order valence-corrected chi connectivity index (χ2v) is 15.8. The summed E-state index contributed by atoms with van der Waals surface area (Å²) in [6.45, 7) is 8.97. The highest BCUT2D eigenvalue weighted by atomic mass is 19.4. The van der Waals surface area contributed by atoms with Crippen molar-refractivity contribution in [2.24, 2.45) is 5.92 Å². The molecule has 60 heavy (non-hydrogen) atoms. The number of anilines is 3. The van der Waals surface area contributed by atoms with Crippen LogP contribution >= 0.6 is 0 Å². The number of amides is 5. The summed E-state index contributed by atoms with van der Waals surface area (Å²) in [6.07, 6.45) is -0.173. The Morgan fingerprint density at radius 1 is 0.933 bits per heavy atom. The first-order valence-electron chi connectivity index (χ1n) is 19.9. The molecule has 0 unspecified atom stereocenters. The maximum absolute atomic E-state index is 13.5. The molecule has 18 heteroatoms. The number of urea groups is 1. The van der Waals surface area contributed by atoms with Crippen LogP contribution in [0.5, 0.6) is 5.75 Å². The van der Waals surface area contributed by atoms with Gasteiger partial charge >= 0.3 is 12.2 Å². The van der Waals surface area contributed by atoms with Crippen LogP contribution in [0.3, 0.4) is 0 Å². The van der Waals surface area contributed by atoms with Crippen LogP contribution < -0.4 is 25.2 Å². The molecule has 5 heterocycles. The molecule has 318 valence electrons. The minimum absolute atomic E-state index is 0.0954. The van der Waals surface area contributed by atoms with Gasteiger partial charge in [0.1, 0.15) is 28.4 Å². The summed E-state index contributed by atoms with van der Waals surface area (Å²) in [5.74, 6) is -0.345. The number of hydrogen-bond donors (Lipinski definition) is 3. The molecule has 3 aliphatic rings. The lowest BCUT2D eigenvalue weighted by Crippen LogP contribution is -2.49. The topological polar surface area (TPSA) is 165 Å². The molecule has 0 bridgehead atoms. The SMILES string of the molecule is COc1ccc(C(=O)N2CCC(CCN3CCN(c4ccc(-n5cc(NC(=O)c6cccc(C(F)(F)F)n6)c(C(C)(C)O)n5)cc4)CC3)CC2)cc1N1CCC(=O)NC1=O. The molecule has 3 aliphatic heterocycles. The van der Waals surface area contributed by atoms with Gasteiger partial charge in [0, 0.05) is 63.5 Å². The number of alkyl halides is 3. The number of piperazine rings is 1. The molecule has 0 aliphatic carbocycles. The number of imide groups is 1. The number of carbonyl (C=O) groups excluding carboxylic acids is 4. The Kier molecular flexibility index (Phi) is 12.1. The molecule has 2 aromatic heterocycles. The molecular weight excluding hydrogens is 784 g/mol. The number of rotatable bonds is 11. The summed E-state index contributed by atoms with van der Waals surface area (Å²) in [6, 6.07) is 15.3. The largest absolute Gasteiger partial charge is 0.495 e. The van der Waals surface area contributed by atoms with Gasteiger partial charge in [-0.15, -0.1) is 0 Å². The first-order chi connectivity index (χ1) is 28.6. The van der Waals surface area contributed by atoms with E-state index in [0.717, 1.165) is 69.8 Å². The van der Waals surface area contributed by atoms with E-state index in [-0.39, 0.29) is 36.2 Å².